The van der Waals surface area contributed by atoms with Crippen molar-refractivity contribution in [3.05, 3.63) is 71.1 Å². The fourth-order valence-corrected chi connectivity index (χ4v) is 3.06. The zero-order chi connectivity index (χ0) is 20.2. The van der Waals surface area contributed by atoms with Crippen LogP contribution in [0.25, 0.3) is 10.9 Å². The largest absolute Gasteiger partial charge is 0.435 e. The van der Waals surface area contributed by atoms with Gasteiger partial charge in [-0.1, -0.05) is 17.7 Å². The molecular weight excluding hydrogens is 400 g/mol. The number of aryl methyl sites for hydroxylation is 2. The lowest BCUT2D eigenvalue weighted by Crippen LogP contribution is -2.02. The van der Waals surface area contributed by atoms with Crippen molar-refractivity contribution in [3.63, 3.8) is 0 Å². The van der Waals surface area contributed by atoms with Gasteiger partial charge in [0.15, 0.2) is 0 Å². The number of anilines is 2. The van der Waals surface area contributed by atoms with Gasteiger partial charge < -0.3 is 10.1 Å². The molecule has 2 aromatic carbocycles. The highest BCUT2D eigenvalue weighted by Gasteiger charge is 2.06. The molecule has 0 amide bonds. The molecule has 0 unspecified atom stereocenters. The number of H-pyrrole nitrogens is 1. The lowest BCUT2D eigenvalue weighted by Gasteiger charge is -2.08. The number of aromatic nitrogens is 4. The minimum absolute atomic E-state index is 0.0942. The van der Waals surface area contributed by atoms with E-state index in [0.717, 1.165) is 34.9 Å². The molecule has 4 rings (SSSR count). The van der Waals surface area contributed by atoms with E-state index in [-0.39, 0.29) is 5.75 Å². The Hall–Kier alpha value is -3.26. The molecule has 148 valence electrons. The van der Waals surface area contributed by atoms with Gasteiger partial charge in [0.25, 0.3) is 0 Å². The van der Waals surface area contributed by atoms with E-state index in [1.54, 1.807) is 24.5 Å². The molecule has 0 saturated heterocycles. The number of ether oxygens (including phenoxy) is 1. The summed E-state index contributed by atoms with van der Waals surface area (Å²) >= 11 is 6.09. The average Bonchev–Trinajstić information content (AvgIpc) is 3.09. The number of hydrogen-bond donors (Lipinski definition) is 2. The minimum atomic E-state index is -2.84. The molecule has 0 aliphatic rings. The van der Waals surface area contributed by atoms with E-state index in [0.29, 0.717) is 16.8 Å². The predicted octanol–water partition coefficient (Wildman–Crippen LogP) is 5.14. The van der Waals surface area contributed by atoms with Crippen molar-refractivity contribution in [2.45, 2.75) is 19.5 Å². The standard InChI is InChI=1S/C20H16ClF2N5O/c21-18-16-9-12(3-8-17(16)27-28-18)1-2-13-10-24-20(25-11-13)26-14-4-6-15(7-5-14)29-19(22)23/h3-11,19H,1-2H2,(H,27,28)(H,24,25,26). The summed E-state index contributed by atoms with van der Waals surface area (Å²) in [6, 6.07) is 12.1. The van der Waals surface area contributed by atoms with Gasteiger partial charge in [-0.2, -0.15) is 13.9 Å². The van der Waals surface area contributed by atoms with Crippen LogP contribution in [0.2, 0.25) is 5.15 Å². The first-order chi connectivity index (χ1) is 14.1. The van der Waals surface area contributed by atoms with Crippen molar-refractivity contribution >= 4 is 34.1 Å². The summed E-state index contributed by atoms with van der Waals surface area (Å²) in [7, 11) is 0. The zero-order valence-electron chi connectivity index (χ0n) is 15.1. The van der Waals surface area contributed by atoms with Crippen LogP contribution in [0.3, 0.4) is 0 Å². The first-order valence-electron chi connectivity index (χ1n) is 8.82. The van der Waals surface area contributed by atoms with Crippen LogP contribution in [0.5, 0.6) is 5.75 Å². The molecule has 2 heterocycles. The first-order valence-corrected chi connectivity index (χ1v) is 9.20. The molecule has 0 saturated carbocycles. The van der Waals surface area contributed by atoms with Gasteiger partial charge in [-0.25, -0.2) is 9.97 Å². The average molecular weight is 416 g/mol. The van der Waals surface area contributed by atoms with Gasteiger partial charge >= 0.3 is 6.61 Å². The summed E-state index contributed by atoms with van der Waals surface area (Å²) in [5.74, 6) is 0.514. The summed E-state index contributed by atoms with van der Waals surface area (Å²) in [5, 5.41) is 11.3. The monoisotopic (exact) mass is 415 g/mol. The van der Waals surface area contributed by atoms with Gasteiger partial charge in [-0.05, 0) is 60.4 Å². The van der Waals surface area contributed by atoms with Gasteiger partial charge in [0.05, 0.1) is 5.52 Å². The molecule has 9 heteroatoms. The number of benzene rings is 2. The molecule has 2 aromatic heterocycles. The van der Waals surface area contributed by atoms with E-state index in [4.69, 9.17) is 11.6 Å². The van der Waals surface area contributed by atoms with Crippen molar-refractivity contribution in [3.8, 4) is 5.75 Å². The smallest absolute Gasteiger partial charge is 0.387 e. The molecule has 0 fully saturated rings. The highest BCUT2D eigenvalue weighted by atomic mass is 35.5. The number of alkyl halides is 2. The molecule has 0 radical (unpaired) electrons. The van der Waals surface area contributed by atoms with E-state index in [2.05, 4.69) is 30.2 Å². The van der Waals surface area contributed by atoms with Crippen molar-refractivity contribution in [2.24, 2.45) is 0 Å². The van der Waals surface area contributed by atoms with E-state index in [9.17, 15) is 8.78 Å². The normalized spacial score (nSPS) is 11.2. The van der Waals surface area contributed by atoms with Gasteiger partial charge in [0.1, 0.15) is 10.9 Å². The van der Waals surface area contributed by atoms with Crippen molar-refractivity contribution in [2.75, 3.05) is 5.32 Å². The number of hydrogen-bond acceptors (Lipinski definition) is 5. The number of nitrogens with one attached hydrogen (secondary N) is 2. The van der Waals surface area contributed by atoms with Crippen LogP contribution in [-0.2, 0) is 12.8 Å². The van der Waals surface area contributed by atoms with Crippen molar-refractivity contribution < 1.29 is 13.5 Å². The fraction of sp³-hybridized carbons (Fsp3) is 0.150. The molecule has 2 N–H and O–H groups in total. The van der Waals surface area contributed by atoms with Crippen LogP contribution in [0, 0.1) is 0 Å². The molecule has 6 nitrogen and oxygen atoms in total. The fourth-order valence-electron chi connectivity index (χ4n) is 2.87. The van der Waals surface area contributed by atoms with Crippen LogP contribution in [-0.4, -0.2) is 26.8 Å². The molecule has 4 aromatic rings. The van der Waals surface area contributed by atoms with Gasteiger partial charge in [0.2, 0.25) is 5.95 Å². The van der Waals surface area contributed by atoms with Gasteiger partial charge in [-0.15, -0.1) is 0 Å². The molecule has 0 aliphatic carbocycles. The highest BCUT2D eigenvalue weighted by molar-refractivity contribution is 6.34. The number of halogens is 3. The SMILES string of the molecule is FC(F)Oc1ccc(Nc2ncc(CCc3ccc4n[nH]c(Cl)c4c3)cn2)cc1. The second-order valence-electron chi connectivity index (χ2n) is 6.33. The van der Waals surface area contributed by atoms with E-state index in [1.807, 2.05) is 18.2 Å². The lowest BCUT2D eigenvalue weighted by molar-refractivity contribution is -0.0498. The van der Waals surface area contributed by atoms with Crippen LogP contribution in [0.4, 0.5) is 20.4 Å². The number of rotatable bonds is 7. The van der Waals surface area contributed by atoms with Crippen LogP contribution >= 0.6 is 11.6 Å². The topological polar surface area (TPSA) is 75.7 Å². The Morgan fingerprint density at radius 2 is 1.72 bits per heavy atom. The number of aromatic amines is 1. The Morgan fingerprint density at radius 3 is 2.45 bits per heavy atom. The molecule has 0 atom stereocenters. The molecule has 0 aliphatic heterocycles. The Morgan fingerprint density at radius 1 is 1.00 bits per heavy atom. The van der Waals surface area contributed by atoms with E-state index in [1.165, 1.54) is 12.1 Å². The van der Waals surface area contributed by atoms with Crippen LogP contribution in [0.1, 0.15) is 11.1 Å². The number of nitrogens with zero attached hydrogens (tertiary/aromatic N) is 3. The highest BCUT2D eigenvalue weighted by Crippen LogP contribution is 2.22. The molecule has 0 spiro atoms. The minimum Gasteiger partial charge on any atom is -0.435 e. The predicted molar refractivity (Wildman–Crippen MR) is 107 cm³/mol. The third-order valence-corrected chi connectivity index (χ3v) is 4.60. The number of fused-ring (bicyclic) bond motifs is 1. The summed E-state index contributed by atoms with van der Waals surface area (Å²) < 4.78 is 28.7. The quantitative estimate of drug-likeness (QED) is 0.437. The maximum Gasteiger partial charge on any atom is 0.387 e. The lowest BCUT2D eigenvalue weighted by atomic mass is 10.1. The summed E-state index contributed by atoms with van der Waals surface area (Å²) in [5.41, 5.74) is 3.65. The maximum absolute atomic E-state index is 12.2. The van der Waals surface area contributed by atoms with Crippen LogP contribution < -0.4 is 10.1 Å². The first kappa shape index (κ1) is 19.1. The second kappa shape index (κ2) is 8.40. The van der Waals surface area contributed by atoms with Crippen LogP contribution in [0.15, 0.2) is 54.9 Å². The molecule has 0 bridgehead atoms. The Labute approximate surface area is 169 Å². The van der Waals surface area contributed by atoms with Crippen molar-refractivity contribution in [1.82, 2.24) is 20.2 Å². The Bertz CT molecular complexity index is 1100. The summed E-state index contributed by atoms with van der Waals surface area (Å²) in [6.45, 7) is -2.84. The molecule has 29 heavy (non-hydrogen) atoms. The molecular formula is C20H16ClF2N5O. The zero-order valence-corrected chi connectivity index (χ0v) is 15.8. The second-order valence-corrected chi connectivity index (χ2v) is 6.71. The Kier molecular flexibility index (Phi) is 5.53. The summed E-state index contributed by atoms with van der Waals surface area (Å²) in [4.78, 5) is 8.61. The summed E-state index contributed by atoms with van der Waals surface area (Å²) in [6.07, 6.45) is 5.11. The van der Waals surface area contributed by atoms with E-state index < -0.39 is 6.61 Å². The third-order valence-electron chi connectivity index (χ3n) is 4.32. The van der Waals surface area contributed by atoms with Crippen molar-refractivity contribution in [1.29, 1.82) is 0 Å². The Balaban J connectivity index is 1.35. The van der Waals surface area contributed by atoms with Gasteiger partial charge in [-0.3, -0.25) is 5.10 Å². The van der Waals surface area contributed by atoms with Gasteiger partial charge in [0, 0.05) is 23.5 Å². The third kappa shape index (κ3) is 4.78. The maximum atomic E-state index is 12.2. The van der Waals surface area contributed by atoms with E-state index >= 15 is 0 Å².